The van der Waals surface area contributed by atoms with Crippen LogP contribution >= 0.6 is 11.6 Å². The first-order valence-corrected chi connectivity index (χ1v) is 7.70. The van der Waals surface area contributed by atoms with Crippen molar-refractivity contribution in [2.45, 2.75) is 45.1 Å². The van der Waals surface area contributed by atoms with Gasteiger partial charge in [-0.1, -0.05) is 41.9 Å². The summed E-state index contributed by atoms with van der Waals surface area (Å²) in [6, 6.07) is 8.96. The molecule has 0 amide bonds. The van der Waals surface area contributed by atoms with Crippen molar-refractivity contribution in [2.75, 3.05) is 6.61 Å². The van der Waals surface area contributed by atoms with Crippen LogP contribution in [0.1, 0.15) is 49.7 Å². The van der Waals surface area contributed by atoms with Gasteiger partial charge >= 0.3 is 0 Å². The average molecular weight is 279 g/mol. The maximum absolute atomic E-state index is 5.65. The van der Waals surface area contributed by atoms with Gasteiger partial charge in [0, 0.05) is 12.1 Å². The molecule has 0 saturated heterocycles. The van der Waals surface area contributed by atoms with Crippen LogP contribution in [0.25, 0.3) is 0 Å². The first kappa shape index (κ1) is 14.6. The summed E-state index contributed by atoms with van der Waals surface area (Å²) in [5.41, 5.74) is 4.42. The number of hydrogen-bond acceptors (Lipinski definition) is 1. The van der Waals surface area contributed by atoms with E-state index in [1.54, 1.807) is 5.54 Å². The van der Waals surface area contributed by atoms with Crippen LogP contribution in [0.3, 0.4) is 0 Å². The summed E-state index contributed by atoms with van der Waals surface area (Å²) in [5, 5.41) is 0. The predicted molar refractivity (Wildman–Crippen MR) is 81.5 cm³/mol. The van der Waals surface area contributed by atoms with Crippen molar-refractivity contribution < 1.29 is 4.74 Å². The molecule has 2 rings (SSSR count). The summed E-state index contributed by atoms with van der Waals surface area (Å²) >= 11 is 5.65. The van der Waals surface area contributed by atoms with Gasteiger partial charge < -0.3 is 4.74 Å². The molecule has 104 valence electrons. The van der Waals surface area contributed by atoms with Gasteiger partial charge in [-0.05, 0) is 55.6 Å². The lowest BCUT2D eigenvalue weighted by Gasteiger charge is -2.27. The molecule has 0 bridgehead atoms. The van der Waals surface area contributed by atoms with Crippen LogP contribution in [-0.2, 0) is 11.3 Å². The molecule has 0 aromatic heterocycles. The van der Waals surface area contributed by atoms with Crippen LogP contribution in [0, 0.1) is 5.92 Å². The highest BCUT2D eigenvalue weighted by molar-refractivity contribution is 6.25. The van der Waals surface area contributed by atoms with Gasteiger partial charge in [0.25, 0.3) is 0 Å². The Balaban J connectivity index is 1.89. The minimum Gasteiger partial charge on any atom is -0.377 e. The Bertz CT molecular complexity index is 388. The maximum atomic E-state index is 5.65. The SMILES string of the molecule is CCOCc1ccc(C2CCC(/C=C/Cl)CC2)cc1. The third-order valence-corrected chi connectivity index (χ3v) is 4.19. The van der Waals surface area contributed by atoms with Crippen LogP contribution in [0.2, 0.25) is 0 Å². The fourth-order valence-electron chi connectivity index (χ4n) is 2.85. The van der Waals surface area contributed by atoms with Gasteiger partial charge in [-0.3, -0.25) is 0 Å². The van der Waals surface area contributed by atoms with Gasteiger partial charge in [0.1, 0.15) is 0 Å². The Morgan fingerprint density at radius 2 is 1.84 bits per heavy atom. The Morgan fingerprint density at radius 1 is 1.16 bits per heavy atom. The largest absolute Gasteiger partial charge is 0.377 e. The molecule has 1 aliphatic carbocycles. The number of benzene rings is 1. The van der Waals surface area contributed by atoms with Gasteiger partial charge in [-0.25, -0.2) is 0 Å². The zero-order chi connectivity index (χ0) is 13.5. The van der Waals surface area contributed by atoms with Crippen LogP contribution in [0.15, 0.2) is 35.9 Å². The lowest BCUT2D eigenvalue weighted by Crippen LogP contribution is -2.11. The summed E-state index contributed by atoms with van der Waals surface area (Å²) in [4.78, 5) is 0. The van der Waals surface area contributed by atoms with E-state index in [1.807, 2.05) is 6.92 Å². The Hall–Kier alpha value is -0.790. The molecule has 1 aromatic rings. The second-order valence-electron chi connectivity index (χ2n) is 5.31. The molecular formula is C17H23ClO. The third kappa shape index (κ3) is 4.36. The second kappa shape index (κ2) is 7.72. The van der Waals surface area contributed by atoms with E-state index in [1.165, 1.54) is 36.8 Å². The Labute approximate surface area is 121 Å². The van der Waals surface area contributed by atoms with E-state index in [4.69, 9.17) is 16.3 Å². The molecule has 1 aromatic carbocycles. The van der Waals surface area contributed by atoms with Crippen LogP contribution in [-0.4, -0.2) is 6.61 Å². The van der Waals surface area contributed by atoms with E-state index in [0.29, 0.717) is 5.92 Å². The van der Waals surface area contributed by atoms with Crippen molar-refractivity contribution in [3.05, 3.63) is 47.0 Å². The summed E-state index contributed by atoms with van der Waals surface area (Å²) < 4.78 is 5.43. The van der Waals surface area contributed by atoms with E-state index >= 15 is 0 Å². The monoisotopic (exact) mass is 278 g/mol. The lowest BCUT2D eigenvalue weighted by molar-refractivity contribution is 0.134. The molecule has 0 heterocycles. The average Bonchev–Trinajstić information content (AvgIpc) is 2.47. The number of halogens is 1. The van der Waals surface area contributed by atoms with E-state index < -0.39 is 0 Å². The highest BCUT2D eigenvalue weighted by Crippen LogP contribution is 2.36. The molecular weight excluding hydrogens is 256 g/mol. The zero-order valence-corrected chi connectivity index (χ0v) is 12.4. The molecule has 1 nitrogen and oxygen atoms in total. The van der Waals surface area contributed by atoms with Crippen LogP contribution < -0.4 is 0 Å². The van der Waals surface area contributed by atoms with E-state index in [9.17, 15) is 0 Å². The van der Waals surface area contributed by atoms with Gasteiger partial charge in [0.15, 0.2) is 0 Å². The smallest absolute Gasteiger partial charge is 0.0716 e. The second-order valence-corrected chi connectivity index (χ2v) is 5.56. The van der Waals surface area contributed by atoms with Crippen molar-refractivity contribution in [3.8, 4) is 0 Å². The fourth-order valence-corrected chi connectivity index (χ4v) is 3.06. The van der Waals surface area contributed by atoms with Gasteiger partial charge in [0.05, 0.1) is 6.61 Å². The summed E-state index contributed by atoms with van der Waals surface area (Å²) in [6.45, 7) is 3.53. The van der Waals surface area contributed by atoms with Crippen LogP contribution in [0.4, 0.5) is 0 Å². The van der Waals surface area contributed by atoms with Gasteiger partial charge in [0.2, 0.25) is 0 Å². The molecule has 1 fully saturated rings. The number of ether oxygens (including phenoxy) is 1. The highest BCUT2D eigenvalue weighted by Gasteiger charge is 2.20. The molecule has 0 unspecified atom stereocenters. The lowest BCUT2D eigenvalue weighted by atomic mass is 9.79. The topological polar surface area (TPSA) is 9.23 Å². The Kier molecular flexibility index (Phi) is 5.93. The summed E-state index contributed by atoms with van der Waals surface area (Å²) in [7, 11) is 0. The van der Waals surface area contributed by atoms with Crippen molar-refractivity contribution in [1.29, 1.82) is 0 Å². The van der Waals surface area contributed by atoms with Crippen molar-refractivity contribution in [3.63, 3.8) is 0 Å². The number of rotatable bonds is 5. The first-order chi connectivity index (χ1) is 9.33. The minimum atomic E-state index is 0.686. The van der Waals surface area contributed by atoms with Crippen molar-refractivity contribution in [2.24, 2.45) is 5.92 Å². The van der Waals surface area contributed by atoms with Gasteiger partial charge in [-0.2, -0.15) is 0 Å². The molecule has 0 aliphatic heterocycles. The van der Waals surface area contributed by atoms with Gasteiger partial charge in [-0.15, -0.1) is 0 Å². The molecule has 19 heavy (non-hydrogen) atoms. The summed E-state index contributed by atoms with van der Waals surface area (Å²) in [5.74, 6) is 1.41. The molecule has 0 atom stereocenters. The third-order valence-electron chi connectivity index (χ3n) is 4.04. The Morgan fingerprint density at radius 3 is 2.42 bits per heavy atom. The first-order valence-electron chi connectivity index (χ1n) is 7.27. The number of allylic oxidation sites excluding steroid dienone is 1. The molecule has 1 aliphatic rings. The number of hydrogen-bond donors (Lipinski definition) is 0. The van der Waals surface area contributed by atoms with E-state index in [2.05, 4.69) is 30.3 Å². The predicted octanol–water partition coefficient (Wildman–Crippen LogP) is 5.25. The minimum absolute atomic E-state index is 0.686. The normalized spacial score (nSPS) is 23.9. The van der Waals surface area contributed by atoms with E-state index in [0.717, 1.165) is 19.1 Å². The molecule has 0 N–H and O–H groups in total. The molecule has 0 spiro atoms. The molecule has 2 heteroatoms. The van der Waals surface area contributed by atoms with Crippen molar-refractivity contribution in [1.82, 2.24) is 0 Å². The van der Waals surface area contributed by atoms with Crippen molar-refractivity contribution >= 4 is 11.6 Å². The standard InChI is InChI=1S/C17H23ClO/c1-2-19-13-15-5-9-17(10-6-15)16-7-3-14(4-8-16)11-12-18/h5-6,9-12,14,16H,2-4,7-8,13H2,1H3/b12-11+. The van der Waals surface area contributed by atoms with Crippen LogP contribution in [0.5, 0.6) is 0 Å². The quantitative estimate of drug-likeness (QED) is 0.715. The highest BCUT2D eigenvalue weighted by atomic mass is 35.5. The molecule has 1 saturated carbocycles. The zero-order valence-electron chi connectivity index (χ0n) is 11.6. The summed E-state index contributed by atoms with van der Waals surface area (Å²) in [6.07, 6.45) is 7.21. The maximum Gasteiger partial charge on any atom is 0.0716 e. The fraction of sp³-hybridized carbons (Fsp3) is 0.529. The molecule has 0 radical (unpaired) electrons. The van der Waals surface area contributed by atoms with E-state index in [-0.39, 0.29) is 0 Å².